The van der Waals surface area contributed by atoms with Crippen LogP contribution >= 0.6 is 0 Å². The van der Waals surface area contributed by atoms with Crippen molar-refractivity contribution in [2.75, 3.05) is 0 Å². The van der Waals surface area contributed by atoms with Crippen LogP contribution in [0, 0.1) is 0 Å². The minimum absolute atomic E-state index is 0. The first-order valence-corrected chi connectivity index (χ1v) is 0.687. The van der Waals surface area contributed by atoms with Gasteiger partial charge in [-0.1, -0.05) is 0 Å². The van der Waals surface area contributed by atoms with E-state index in [-0.39, 0.29) is 40.1 Å². The second-order valence-electron chi connectivity index (χ2n) is 0. The molecule has 0 atom stereocenters. The fourth-order valence-electron chi connectivity index (χ4n) is 0. The van der Waals surface area contributed by atoms with Gasteiger partial charge in [-0.25, -0.2) is 0 Å². The van der Waals surface area contributed by atoms with Gasteiger partial charge in [0.25, 0.3) is 0 Å². The molecule has 0 aliphatic heterocycles. The van der Waals surface area contributed by atoms with E-state index in [4.69, 9.17) is 3.80 Å². The van der Waals surface area contributed by atoms with Crippen LogP contribution in [0.5, 0.6) is 0 Å². The van der Waals surface area contributed by atoms with E-state index in [1.165, 1.54) is 16.2 Å². The predicted octanol–water partition coefficient (Wildman–Crippen LogP) is -1.04. The summed E-state index contributed by atoms with van der Waals surface area (Å²) >= 11 is 1.38. The number of rotatable bonds is 0. The quantitative estimate of drug-likeness (QED) is 0.411. The van der Waals surface area contributed by atoms with Crippen molar-refractivity contribution in [3.05, 3.63) is 0 Å². The summed E-state index contributed by atoms with van der Waals surface area (Å²) < 4.78 is 8.12. The third-order valence-corrected chi connectivity index (χ3v) is 0. The topological polar surface area (TPSA) is 17.1 Å². The third kappa shape index (κ3) is 9.47. The molecule has 0 amide bonds. The van der Waals surface area contributed by atoms with Crippen molar-refractivity contribution >= 4 is 23.1 Å². The summed E-state index contributed by atoms with van der Waals surface area (Å²) in [6, 6.07) is 0. The maximum absolute atomic E-state index is 8.12. The zero-order chi connectivity index (χ0) is 2.00. The first-order chi connectivity index (χ1) is 1.00. The van der Waals surface area contributed by atoms with Gasteiger partial charge in [0, 0.05) is 17.1 Å². The Morgan fingerprint density at radius 1 is 1.25 bits per heavy atom. The normalized spacial score (nSPS) is 1.00. The Bertz CT molecular complexity index is 8.00. The van der Waals surface area contributed by atoms with E-state index < -0.39 is 0 Å². The molecular formula is H2CrCuMgO. The van der Waals surface area contributed by atoms with Crippen molar-refractivity contribution in [2.45, 2.75) is 0 Å². The van der Waals surface area contributed by atoms with Crippen LogP contribution in [0.15, 0.2) is 0 Å². The monoisotopic (exact) mass is 157 g/mol. The third-order valence-electron chi connectivity index (χ3n) is 0. The van der Waals surface area contributed by atoms with E-state index in [1.54, 1.807) is 0 Å². The first kappa shape index (κ1) is 17.5. The fourth-order valence-corrected chi connectivity index (χ4v) is 0. The van der Waals surface area contributed by atoms with Crippen LogP contribution in [0.2, 0.25) is 0 Å². The van der Waals surface area contributed by atoms with Gasteiger partial charge in [0.2, 0.25) is 0 Å². The molecule has 0 saturated heterocycles. The molecule has 0 saturated carbocycles. The van der Waals surface area contributed by atoms with Crippen molar-refractivity contribution < 1.29 is 37.1 Å². The molecule has 0 aliphatic rings. The SMILES string of the molecule is [Cu].[MgH2].[O]=[Cr]. The molecule has 0 aromatic carbocycles. The van der Waals surface area contributed by atoms with Crippen molar-refractivity contribution in [1.29, 1.82) is 0 Å². The molecule has 0 fully saturated rings. The van der Waals surface area contributed by atoms with Gasteiger partial charge in [0.1, 0.15) is 0 Å². The average molecular weight is 158 g/mol. The summed E-state index contributed by atoms with van der Waals surface area (Å²) in [6.07, 6.45) is 0. The zero-order valence-electron chi connectivity index (χ0n) is 1.12. The molecule has 0 rings (SSSR count). The first-order valence-electron chi connectivity index (χ1n) is 0.167. The van der Waals surface area contributed by atoms with Crippen LogP contribution in [0.3, 0.4) is 0 Å². The molecule has 27 valence electrons. The van der Waals surface area contributed by atoms with Gasteiger partial charge in [-0.2, -0.15) is 0 Å². The number of hydrogen-bond donors (Lipinski definition) is 0. The van der Waals surface area contributed by atoms with E-state index in [1.807, 2.05) is 0 Å². The molecule has 0 aliphatic carbocycles. The standard InChI is InChI=1S/Cr.Cu.Mg.O.2H. The molecule has 0 bridgehead atoms. The summed E-state index contributed by atoms with van der Waals surface area (Å²) in [5.41, 5.74) is 0. The van der Waals surface area contributed by atoms with Crippen LogP contribution < -0.4 is 0 Å². The molecule has 0 unspecified atom stereocenters. The Morgan fingerprint density at radius 2 is 1.25 bits per heavy atom. The van der Waals surface area contributed by atoms with E-state index in [2.05, 4.69) is 0 Å². The van der Waals surface area contributed by atoms with Gasteiger partial charge in [0.05, 0.1) is 0 Å². The molecule has 0 heterocycles. The summed E-state index contributed by atoms with van der Waals surface area (Å²) in [5, 5.41) is 0. The van der Waals surface area contributed by atoms with Crippen LogP contribution in [-0.4, -0.2) is 23.1 Å². The molecule has 0 spiro atoms. The minimum atomic E-state index is 0. The Kier molecular flexibility index (Phi) is 101. The average Bonchev–Trinajstić information content (AvgIpc) is 1.00. The van der Waals surface area contributed by atoms with Gasteiger partial charge in [-0.05, 0) is 0 Å². The second-order valence-corrected chi connectivity index (χ2v) is 0. The summed E-state index contributed by atoms with van der Waals surface area (Å²) in [7, 11) is 0. The molecule has 0 N–H and O–H groups in total. The second kappa shape index (κ2) is 23.1. The van der Waals surface area contributed by atoms with Crippen LogP contribution in [0.4, 0.5) is 0 Å². The molecule has 1 nitrogen and oxygen atoms in total. The van der Waals surface area contributed by atoms with Crippen LogP contribution in [0.1, 0.15) is 0 Å². The summed E-state index contributed by atoms with van der Waals surface area (Å²) in [5.74, 6) is 0. The summed E-state index contributed by atoms with van der Waals surface area (Å²) in [6.45, 7) is 0. The van der Waals surface area contributed by atoms with E-state index >= 15 is 0 Å². The molecular weight excluding hydrogens is 156 g/mol. The number of hydrogen-bond acceptors (Lipinski definition) is 1. The van der Waals surface area contributed by atoms with Crippen molar-refractivity contribution in [3.63, 3.8) is 0 Å². The Hall–Kier alpha value is 1.62. The molecule has 4 heavy (non-hydrogen) atoms. The zero-order valence-corrected chi connectivity index (χ0v) is 3.33. The molecule has 4 heteroatoms. The van der Waals surface area contributed by atoms with Crippen LogP contribution in [-0.2, 0) is 37.1 Å². The van der Waals surface area contributed by atoms with Gasteiger partial charge in [-0.3, -0.25) is 0 Å². The van der Waals surface area contributed by atoms with Crippen LogP contribution in [0.25, 0.3) is 0 Å². The van der Waals surface area contributed by atoms with E-state index in [9.17, 15) is 0 Å². The van der Waals surface area contributed by atoms with E-state index in [0.29, 0.717) is 0 Å². The predicted molar refractivity (Wildman–Crippen MR) is 9.23 cm³/mol. The van der Waals surface area contributed by atoms with Crippen molar-refractivity contribution in [3.8, 4) is 0 Å². The van der Waals surface area contributed by atoms with Gasteiger partial charge in [-0.15, -0.1) is 0 Å². The van der Waals surface area contributed by atoms with Gasteiger partial charge in [0.15, 0.2) is 0 Å². The Labute approximate surface area is 59.8 Å². The molecule has 0 aromatic rings. The Balaban J connectivity index is -0.00000000500. The van der Waals surface area contributed by atoms with Gasteiger partial charge >= 0.3 is 43.1 Å². The Morgan fingerprint density at radius 3 is 1.25 bits per heavy atom. The molecule has 0 aromatic heterocycles. The molecule has 1 radical (unpaired) electrons. The van der Waals surface area contributed by atoms with Gasteiger partial charge < -0.3 is 0 Å². The van der Waals surface area contributed by atoms with E-state index in [0.717, 1.165) is 0 Å². The van der Waals surface area contributed by atoms with Crippen molar-refractivity contribution in [1.82, 2.24) is 0 Å². The van der Waals surface area contributed by atoms with Crippen molar-refractivity contribution in [2.24, 2.45) is 0 Å². The fraction of sp³-hybridized carbons (Fsp3) is 0. The maximum atomic E-state index is 8.12. The summed E-state index contributed by atoms with van der Waals surface area (Å²) in [4.78, 5) is 0.